The Morgan fingerprint density at radius 2 is 2.11 bits per heavy atom. The molecule has 4 rings (SSSR count). The van der Waals surface area contributed by atoms with E-state index in [0.29, 0.717) is 31.6 Å². The minimum absolute atomic E-state index is 0.153. The van der Waals surface area contributed by atoms with E-state index in [1.807, 2.05) is 24.3 Å². The van der Waals surface area contributed by atoms with Gasteiger partial charge in [0.2, 0.25) is 5.91 Å². The van der Waals surface area contributed by atoms with Crippen molar-refractivity contribution in [2.24, 2.45) is 5.92 Å². The summed E-state index contributed by atoms with van der Waals surface area (Å²) in [4.78, 5) is 42.2. The van der Waals surface area contributed by atoms with Crippen molar-refractivity contribution < 1.29 is 14.3 Å². The summed E-state index contributed by atoms with van der Waals surface area (Å²) in [6.45, 7) is 2.83. The van der Waals surface area contributed by atoms with Crippen LogP contribution in [0.4, 0.5) is 0 Å². The van der Waals surface area contributed by atoms with E-state index in [1.165, 1.54) is 4.68 Å². The number of nitrogens with one attached hydrogen (secondary N) is 1. The van der Waals surface area contributed by atoms with E-state index in [9.17, 15) is 14.4 Å². The molecule has 8 nitrogen and oxygen atoms in total. The summed E-state index contributed by atoms with van der Waals surface area (Å²) in [6.07, 6.45) is 3.06. The molecule has 3 heterocycles. The summed E-state index contributed by atoms with van der Waals surface area (Å²) in [5, 5.41) is 5.86. The maximum Gasteiger partial charge on any atom is 0.310 e. The molecule has 1 aromatic carbocycles. The SMILES string of the molecule is CCOC(=O)C1CCCN(C(=O)Cn2ncc3c([nH]c4ccccc43)c2=O)C1. The second-order valence-electron chi connectivity index (χ2n) is 7.00. The van der Waals surface area contributed by atoms with E-state index in [2.05, 4.69) is 10.1 Å². The van der Waals surface area contributed by atoms with Crippen LogP contribution in [-0.2, 0) is 20.9 Å². The van der Waals surface area contributed by atoms with Crippen molar-refractivity contribution in [3.05, 3.63) is 40.8 Å². The molecule has 1 aliphatic heterocycles. The minimum Gasteiger partial charge on any atom is -0.466 e. The third-order valence-corrected chi connectivity index (χ3v) is 5.20. The van der Waals surface area contributed by atoms with Crippen molar-refractivity contribution in [3.8, 4) is 0 Å². The number of esters is 1. The van der Waals surface area contributed by atoms with Crippen LogP contribution in [0.2, 0.25) is 0 Å². The first kappa shape index (κ1) is 18.2. The van der Waals surface area contributed by atoms with Crippen LogP contribution in [0.5, 0.6) is 0 Å². The molecule has 2 aromatic heterocycles. The number of likely N-dealkylation sites (tertiary alicyclic amines) is 1. The lowest BCUT2D eigenvalue weighted by atomic mass is 9.98. The second kappa shape index (κ2) is 7.46. The number of piperidine rings is 1. The van der Waals surface area contributed by atoms with Gasteiger partial charge in [-0.15, -0.1) is 0 Å². The van der Waals surface area contributed by atoms with Gasteiger partial charge in [0.1, 0.15) is 12.1 Å². The van der Waals surface area contributed by atoms with Gasteiger partial charge in [-0.05, 0) is 25.8 Å². The van der Waals surface area contributed by atoms with Crippen LogP contribution >= 0.6 is 0 Å². The summed E-state index contributed by atoms with van der Waals surface area (Å²) in [7, 11) is 0. The molecule has 1 fully saturated rings. The Hall–Kier alpha value is -3.16. The zero-order valence-corrected chi connectivity index (χ0v) is 15.7. The summed E-state index contributed by atoms with van der Waals surface area (Å²) >= 11 is 0. The fraction of sp³-hybridized carbons (Fsp3) is 0.400. The average Bonchev–Trinajstić information content (AvgIpc) is 3.10. The normalized spacial score (nSPS) is 17.2. The highest BCUT2D eigenvalue weighted by Crippen LogP contribution is 2.22. The molecule has 1 atom stereocenters. The first-order valence-electron chi connectivity index (χ1n) is 9.49. The van der Waals surface area contributed by atoms with Gasteiger partial charge in [-0.3, -0.25) is 14.4 Å². The number of para-hydroxylation sites is 1. The number of carbonyl (C=O) groups excluding carboxylic acids is 2. The van der Waals surface area contributed by atoms with Crippen LogP contribution in [0, 0.1) is 5.92 Å². The molecule has 3 aromatic rings. The molecule has 1 saturated heterocycles. The van der Waals surface area contributed by atoms with Crippen molar-refractivity contribution >= 4 is 33.7 Å². The lowest BCUT2D eigenvalue weighted by Crippen LogP contribution is -2.45. The van der Waals surface area contributed by atoms with E-state index in [1.54, 1.807) is 18.0 Å². The maximum absolute atomic E-state index is 12.8. The minimum atomic E-state index is -0.332. The predicted octanol–water partition coefficient (Wildman–Crippen LogP) is 1.68. The zero-order chi connectivity index (χ0) is 19.7. The van der Waals surface area contributed by atoms with E-state index in [-0.39, 0.29) is 29.9 Å². The highest BCUT2D eigenvalue weighted by molar-refractivity contribution is 6.06. The molecular formula is C20H22N4O4. The molecule has 8 heteroatoms. The number of H-pyrrole nitrogens is 1. The van der Waals surface area contributed by atoms with Gasteiger partial charge in [-0.1, -0.05) is 18.2 Å². The number of aromatic nitrogens is 3. The summed E-state index contributed by atoms with van der Waals surface area (Å²) < 4.78 is 6.25. The molecule has 1 N–H and O–H groups in total. The third-order valence-electron chi connectivity index (χ3n) is 5.20. The van der Waals surface area contributed by atoms with Gasteiger partial charge in [0, 0.05) is 29.4 Å². The number of hydrogen-bond acceptors (Lipinski definition) is 5. The molecule has 1 unspecified atom stereocenters. The van der Waals surface area contributed by atoms with Gasteiger partial charge in [0.05, 0.1) is 18.7 Å². The Morgan fingerprint density at radius 1 is 1.29 bits per heavy atom. The topological polar surface area (TPSA) is 97.3 Å². The van der Waals surface area contributed by atoms with Crippen molar-refractivity contribution in [2.75, 3.05) is 19.7 Å². The van der Waals surface area contributed by atoms with E-state index in [4.69, 9.17) is 4.74 Å². The smallest absolute Gasteiger partial charge is 0.310 e. The van der Waals surface area contributed by atoms with Crippen molar-refractivity contribution in [1.29, 1.82) is 0 Å². The number of nitrogens with zero attached hydrogens (tertiary/aromatic N) is 3. The number of carbonyl (C=O) groups is 2. The van der Waals surface area contributed by atoms with E-state index in [0.717, 1.165) is 22.7 Å². The number of rotatable bonds is 4. The Labute approximate surface area is 161 Å². The first-order valence-corrected chi connectivity index (χ1v) is 9.49. The Balaban J connectivity index is 1.55. The third kappa shape index (κ3) is 3.26. The molecule has 0 aliphatic carbocycles. The van der Waals surface area contributed by atoms with Crippen LogP contribution in [0.25, 0.3) is 21.8 Å². The summed E-state index contributed by atoms with van der Waals surface area (Å²) in [6, 6.07) is 7.62. The van der Waals surface area contributed by atoms with Crippen LogP contribution < -0.4 is 5.56 Å². The Bertz CT molecular complexity index is 1100. The van der Waals surface area contributed by atoms with E-state index >= 15 is 0 Å². The highest BCUT2D eigenvalue weighted by atomic mass is 16.5. The van der Waals surface area contributed by atoms with Gasteiger partial charge >= 0.3 is 5.97 Å². The fourth-order valence-corrected chi connectivity index (χ4v) is 3.77. The van der Waals surface area contributed by atoms with Crippen LogP contribution in [0.1, 0.15) is 19.8 Å². The maximum atomic E-state index is 12.8. The van der Waals surface area contributed by atoms with Crippen molar-refractivity contribution in [1.82, 2.24) is 19.7 Å². The lowest BCUT2D eigenvalue weighted by molar-refractivity contribution is -0.151. The van der Waals surface area contributed by atoms with Crippen LogP contribution in [-0.4, -0.2) is 51.2 Å². The van der Waals surface area contributed by atoms with Gasteiger partial charge in [-0.2, -0.15) is 5.10 Å². The Kier molecular flexibility index (Phi) is 4.85. The van der Waals surface area contributed by atoms with Crippen LogP contribution in [0.15, 0.2) is 35.3 Å². The number of aromatic amines is 1. The number of benzene rings is 1. The molecule has 28 heavy (non-hydrogen) atoms. The lowest BCUT2D eigenvalue weighted by Gasteiger charge is -2.31. The molecule has 1 aliphatic rings. The molecule has 0 radical (unpaired) electrons. The van der Waals surface area contributed by atoms with Crippen molar-refractivity contribution in [2.45, 2.75) is 26.3 Å². The quantitative estimate of drug-likeness (QED) is 0.693. The predicted molar refractivity (Wildman–Crippen MR) is 104 cm³/mol. The number of amides is 1. The molecule has 1 amide bonds. The summed E-state index contributed by atoms with van der Waals surface area (Å²) in [5.41, 5.74) is 0.960. The van der Waals surface area contributed by atoms with E-state index < -0.39 is 0 Å². The standard InChI is InChI=1S/C20H22N4O4/c1-2-28-20(27)13-6-5-9-23(11-13)17(25)12-24-19(26)18-15(10-21-24)14-7-3-4-8-16(14)22-18/h3-4,7-8,10,13,22H,2,5-6,9,11-12H2,1H3. The van der Waals surface area contributed by atoms with Gasteiger partial charge in [-0.25, -0.2) is 4.68 Å². The molecule has 0 bridgehead atoms. The van der Waals surface area contributed by atoms with Crippen molar-refractivity contribution in [3.63, 3.8) is 0 Å². The molecular weight excluding hydrogens is 360 g/mol. The molecule has 146 valence electrons. The van der Waals surface area contributed by atoms with Crippen LogP contribution in [0.3, 0.4) is 0 Å². The molecule has 0 saturated carbocycles. The first-order chi connectivity index (χ1) is 13.6. The zero-order valence-electron chi connectivity index (χ0n) is 15.7. The average molecular weight is 382 g/mol. The summed E-state index contributed by atoms with van der Waals surface area (Å²) in [5.74, 6) is -0.799. The largest absolute Gasteiger partial charge is 0.466 e. The van der Waals surface area contributed by atoms with Gasteiger partial charge < -0.3 is 14.6 Å². The van der Waals surface area contributed by atoms with Gasteiger partial charge in [0.25, 0.3) is 5.56 Å². The number of hydrogen-bond donors (Lipinski definition) is 1. The second-order valence-corrected chi connectivity index (χ2v) is 7.00. The number of fused-ring (bicyclic) bond motifs is 3. The highest BCUT2D eigenvalue weighted by Gasteiger charge is 2.29. The Morgan fingerprint density at radius 3 is 2.93 bits per heavy atom. The fourth-order valence-electron chi connectivity index (χ4n) is 3.77. The monoisotopic (exact) mass is 382 g/mol. The number of ether oxygens (including phenoxy) is 1. The van der Waals surface area contributed by atoms with Gasteiger partial charge in [0.15, 0.2) is 0 Å². The molecule has 0 spiro atoms.